The SMILES string of the molecule is Cc1ccc(N(C)C(=O)c2ccc(Cl)nc2)cc1. The van der Waals surface area contributed by atoms with E-state index in [0.29, 0.717) is 10.7 Å². The normalized spacial score (nSPS) is 10.2. The number of carbonyl (C=O) groups is 1. The molecule has 0 unspecified atom stereocenters. The van der Waals surface area contributed by atoms with Crippen molar-refractivity contribution in [3.05, 3.63) is 58.9 Å². The minimum atomic E-state index is -0.108. The molecule has 0 saturated heterocycles. The number of benzene rings is 1. The molecule has 2 aromatic rings. The van der Waals surface area contributed by atoms with Crippen LogP contribution in [0.5, 0.6) is 0 Å². The maximum atomic E-state index is 12.2. The predicted molar refractivity (Wildman–Crippen MR) is 73.2 cm³/mol. The fourth-order valence-corrected chi connectivity index (χ4v) is 1.69. The van der Waals surface area contributed by atoms with E-state index in [1.54, 1.807) is 24.1 Å². The highest BCUT2D eigenvalue weighted by atomic mass is 35.5. The largest absolute Gasteiger partial charge is 0.311 e. The summed E-state index contributed by atoms with van der Waals surface area (Å²) in [6, 6.07) is 11.0. The number of hydrogen-bond acceptors (Lipinski definition) is 2. The molecule has 1 heterocycles. The van der Waals surface area contributed by atoms with E-state index >= 15 is 0 Å². The van der Waals surface area contributed by atoms with Gasteiger partial charge in [0.25, 0.3) is 5.91 Å². The molecule has 0 aliphatic heterocycles. The summed E-state index contributed by atoms with van der Waals surface area (Å²) in [4.78, 5) is 17.7. The van der Waals surface area contributed by atoms with Crippen LogP contribution in [-0.2, 0) is 0 Å². The van der Waals surface area contributed by atoms with Gasteiger partial charge in [0.15, 0.2) is 0 Å². The van der Waals surface area contributed by atoms with Crippen molar-refractivity contribution in [3.8, 4) is 0 Å². The molecule has 0 bridgehead atoms. The fraction of sp³-hybridized carbons (Fsp3) is 0.143. The highest BCUT2D eigenvalue weighted by molar-refractivity contribution is 6.29. The third-order valence-electron chi connectivity index (χ3n) is 2.70. The molecule has 0 atom stereocenters. The third kappa shape index (κ3) is 2.68. The number of carbonyl (C=O) groups excluding carboxylic acids is 1. The van der Waals surface area contributed by atoms with Gasteiger partial charge in [-0.25, -0.2) is 4.98 Å². The van der Waals surface area contributed by atoms with Gasteiger partial charge in [-0.05, 0) is 31.2 Å². The Morgan fingerprint density at radius 2 is 1.83 bits per heavy atom. The molecule has 92 valence electrons. The molecule has 0 radical (unpaired) electrons. The molecule has 1 aromatic heterocycles. The van der Waals surface area contributed by atoms with Crippen LogP contribution in [0.3, 0.4) is 0 Å². The van der Waals surface area contributed by atoms with Gasteiger partial charge in [0.1, 0.15) is 5.15 Å². The molecule has 2 rings (SSSR count). The summed E-state index contributed by atoms with van der Waals surface area (Å²) >= 11 is 5.69. The number of amides is 1. The van der Waals surface area contributed by atoms with Crippen LogP contribution in [0.25, 0.3) is 0 Å². The van der Waals surface area contributed by atoms with Gasteiger partial charge in [0.2, 0.25) is 0 Å². The van der Waals surface area contributed by atoms with Gasteiger partial charge >= 0.3 is 0 Å². The Balaban J connectivity index is 2.23. The van der Waals surface area contributed by atoms with E-state index in [1.807, 2.05) is 31.2 Å². The molecule has 0 aliphatic carbocycles. The van der Waals surface area contributed by atoms with E-state index in [4.69, 9.17) is 11.6 Å². The summed E-state index contributed by atoms with van der Waals surface area (Å²) in [6.07, 6.45) is 1.48. The van der Waals surface area contributed by atoms with Crippen molar-refractivity contribution in [2.75, 3.05) is 11.9 Å². The molecule has 0 N–H and O–H groups in total. The van der Waals surface area contributed by atoms with Crippen molar-refractivity contribution >= 4 is 23.2 Å². The standard InChI is InChI=1S/C14H13ClN2O/c1-10-3-6-12(7-4-10)17(2)14(18)11-5-8-13(15)16-9-11/h3-9H,1-2H3. The van der Waals surface area contributed by atoms with Crippen LogP contribution in [0.15, 0.2) is 42.6 Å². The van der Waals surface area contributed by atoms with Gasteiger partial charge < -0.3 is 4.90 Å². The van der Waals surface area contributed by atoms with Crippen LogP contribution >= 0.6 is 11.6 Å². The third-order valence-corrected chi connectivity index (χ3v) is 2.92. The van der Waals surface area contributed by atoms with Gasteiger partial charge in [-0.3, -0.25) is 4.79 Å². The topological polar surface area (TPSA) is 33.2 Å². The fourth-order valence-electron chi connectivity index (χ4n) is 1.58. The zero-order valence-electron chi connectivity index (χ0n) is 10.2. The van der Waals surface area contributed by atoms with Crippen molar-refractivity contribution < 1.29 is 4.79 Å². The minimum Gasteiger partial charge on any atom is -0.311 e. The van der Waals surface area contributed by atoms with Crippen LogP contribution in [0.4, 0.5) is 5.69 Å². The Kier molecular flexibility index (Phi) is 3.63. The number of hydrogen-bond donors (Lipinski definition) is 0. The van der Waals surface area contributed by atoms with Gasteiger partial charge in [-0.15, -0.1) is 0 Å². The highest BCUT2D eigenvalue weighted by Crippen LogP contribution is 2.16. The van der Waals surface area contributed by atoms with Crippen molar-refractivity contribution in [2.24, 2.45) is 0 Å². The molecule has 0 aliphatic rings. The minimum absolute atomic E-state index is 0.108. The second-order valence-corrected chi connectivity index (χ2v) is 4.46. The smallest absolute Gasteiger partial charge is 0.259 e. The zero-order chi connectivity index (χ0) is 13.1. The number of rotatable bonds is 2. The van der Waals surface area contributed by atoms with Crippen molar-refractivity contribution in [3.63, 3.8) is 0 Å². The first-order valence-electron chi connectivity index (χ1n) is 5.54. The maximum Gasteiger partial charge on any atom is 0.259 e. The van der Waals surface area contributed by atoms with Crippen LogP contribution in [0.2, 0.25) is 5.15 Å². The maximum absolute atomic E-state index is 12.2. The van der Waals surface area contributed by atoms with Gasteiger partial charge in [0.05, 0.1) is 5.56 Å². The number of halogens is 1. The Morgan fingerprint density at radius 1 is 1.17 bits per heavy atom. The molecule has 1 aromatic carbocycles. The molecule has 0 fully saturated rings. The summed E-state index contributed by atoms with van der Waals surface area (Å²) in [6.45, 7) is 2.01. The van der Waals surface area contributed by atoms with E-state index in [-0.39, 0.29) is 5.91 Å². The second kappa shape index (κ2) is 5.19. The number of aromatic nitrogens is 1. The molecule has 3 nitrogen and oxygen atoms in total. The summed E-state index contributed by atoms with van der Waals surface area (Å²) in [5.74, 6) is -0.108. The molecule has 0 saturated carbocycles. The average molecular weight is 261 g/mol. The van der Waals surface area contributed by atoms with Crippen LogP contribution in [-0.4, -0.2) is 17.9 Å². The summed E-state index contributed by atoms with van der Waals surface area (Å²) in [7, 11) is 1.74. The van der Waals surface area contributed by atoms with E-state index in [0.717, 1.165) is 11.3 Å². The predicted octanol–water partition coefficient (Wildman–Crippen LogP) is 3.32. The van der Waals surface area contributed by atoms with Crippen LogP contribution in [0.1, 0.15) is 15.9 Å². The molecular formula is C14H13ClN2O. The lowest BCUT2D eigenvalue weighted by atomic mass is 10.2. The Hall–Kier alpha value is -1.87. The lowest BCUT2D eigenvalue weighted by Gasteiger charge is -2.17. The average Bonchev–Trinajstić information content (AvgIpc) is 2.39. The van der Waals surface area contributed by atoms with E-state index in [1.165, 1.54) is 6.20 Å². The highest BCUT2D eigenvalue weighted by Gasteiger charge is 2.13. The Labute approximate surface area is 111 Å². The van der Waals surface area contributed by atoms with Gasteiger partial charge in [0, 0.05) is 18.9 Å². The number of pyridine rings is 1. The molecule has 1 amide bonds. The first-order valence-corrected chi connectivity index (χ1v) is 5.92. The summed E-state index contributed by atoms with van der Waals surface area (Å²) in [5.41, 5.74) is 2.52. The van der Waals surface area contributed by atoms with Gasteiger partial charge in [-0.1, -0.05) is 29.3 Å². The molecule has 4 heteroatoms. The second-order valence-electron chi connectivity index (χ2n) is 4.07. The van der Waals surface area contributed by atoms with Gasteiger partial charge in [-0.2, -0.15) is 0 Å². The monoisotopic (exact) mass is 260 g/mol. The first-order chi connectivity index (χ1) is 8.58. The summed E-state index contributed by atoms with van der Waals surface area (Å²) < 4.78 is 0. The molecule has 0 spiro atoms. The van der Waals surface area contributed by atoms with E-state index < -0.39 is 0 Å². The van der Waals surface area contributed by atoms with E-state index in [2.05, 4.69) is 4.98 Å². The van der Waals surface area contributed by atoms with Crippen molar-refractivity contribution in [2.45, 2.75) is 6.92 Å². The lowest BCUT2D eigenvalue weighted by Crippen LogP contribution is -2.26. The summed E-state index contributed by atoms with van der Waals surface area (Å²) in [5, 5.41) is 0.379. The first kappa shape index (κ1) is 12.6. The lowest BCUT2D eigenvalue weighted by molar-refractivity contribution is 0.0992. The molecule has 18 heavy (non-hydrogen) atoms. The Morgan fingerprint density at radius 3 is 2.39 bits per heavy atom. The molecular weight excluding hydrogens is 248 g/mol. The Bertz CT molecular complexity index is 549. The number of anilines is 1. The number of aryl methyl sites for hydroxylation is 1. The quantitative estimate of drug-likeness (QED) is 0.776. The number of nitrogens with zero attached hydrogens (tertiary/aromatic N) is 2. The van der Waals surface area contributed by atoms with Crippen LogP contribution < -0.4 is 4.90 Å². The van der Waals surface area contributed by atoms with Crippen LogP contribution in [0, 0.1) is 6.92 Å². The van der Waals surface area contributed by atoms with Crippen molar-refractivity contribution in [1.82, 2.24) is 4.98 Å². The zero-order valence-corrected chi connectivity index (χ0v) is 11.0. The van der Waals surface area contributed by atoms with Crippen molar-refractivity contribution in [1.29, 1.82) is 0 Å². The van der Waals surface area contributed by atoms with E-state index in [9.17, 15) is 4.79 Å².